The highest BCUT2D eigenvalue weighted by molar-refractivity contribution is 7.89. The molecule has 140 valence electrons. The largest absolute Gasteiger partial charge is 0.490 e. The number of aromatic nitrogens is 1. The molecule has 0 amide bonds. The summed E-state index contributed by atoms with van der Waals surface area (Å²) in [7, 11) is -3.68. The molecule has 3 heterocycles. The van der Waals surface area contributed by atoms with E-state index in [2.05, 4.69) is 5.16 Å². The Morgan fingerprint density at radius 1 is 1.12 bits per heavy atom. The van der Waals surface area contributed by atoms with E-state index in [1.807, 2.05) is 18.2 Å². The van der Waals surface area contributed by atoms with Gasteiger partial charge in [-0.2, -0.15) is 4.31 Å². The van der Waals surface area contributed by atoms with E-state index in [9.17, 15) is 8.42 Å². The van der Waals surface area contributed by atoms with Crippen LogP contribution in [0.2, 0.25) is 0 Å². The van der Waals surface area contributed by atoms with Crippen LogP contribution in [0.5, 0.6) is 11.5 Å². The van der Waals surface area contributed by atoms with Crippen LogP contribution in [0.25, 0.3) is 0 Å². The number of nitrogens with zero attached hydrogens (tertiary/aromatic N) is 2. The van der Waals surface area contributed by atoms with Crippen molar-refractivity contribution in [3.63, 3.8) is 0 Å². The number of aryl methyl sites for hydroxylation is 2. The van der Waals surface area contributed by atoms with Crippen LogP contribution in [0.3, 0.4) is 0 Å². The Morgan fingerprint density at radius 3 is 2.62 bits per heavy atom. The Morgan fingerprint density at radius 2 is 1.88 bits per heavy atom. The second-order valence-corrected chi connectivity index (χ2v) is 8.51. The second-order valence-electron chi connectivity index (χ2n) is 6.68. The molecule has 8 heteroatoms. The smallest absolute Gasteiger partial charge is 0.249 e. The molecule has 2 aliphatic heterocycles. The van der Waals surface area contributed by atoms with Gasteiger partial charge in [0.05, 0.1) is 19.3 Å². The van der Waals surface area contributed by atoms with E-state index < -0.39 is 10.0 Å². The lowest BCUT2D eigenvalue weighted by molar-refractivity contribution is 0.296. The van der Waals surface area contributed by atoms with Gasteiger partial charge in [-0.25, -0.2) is 8.42 Å². The van der Waals surface area contributed by atoms with Gasteiger partial charge >= 0.3 is 0 Å². The van der Waals surface area contributed by atoms with E-state index in [0.29, 0.717) is 42.7 Å². The lowest BCUT2D eigenvalue weighted by atomic mass is 10.0. The summed E-state index contributed by atoms with van der Waals surface area (Å²) in [4.78, 5) is 0.179. The monoisotopic (exact) mass is 378 g/mol. The summed E-state index contributed by atoms with van der Waals surface area (Å²) in [6.07, 6.45) is 2.41. The van der Waals surface area contributed by atoms with Crippen molar-refractivity contribution in [2.75, 3.05) is 19.8 Å². The van der Waals surface area contributed by atoms with E-state index >= 15 is 0 Å². The summed E-state index contributed by atoms with van der Waals surface area (Å²) in [5.74, 6) is 1.72. The van der Waals surface area contributed by atoms with E-state index in [0.717, 1.165) is 24.8 Å². The topological polar surface area (TPSA) is 81.9 Å². The van der Waals surface area contributed by atoms with E-state index in [1.54, 1.807) is 18.2 Å². The molecule has 7 nitrogen and oxygen atoms in total. The van der Waals surface area contributed by atoms with Crippen molar-refractivity contribution in [2.45, 2.75) is 44.0 Å². The number of hydrogen-bond donors (Lipinski definition) is 0. The Hall–Kier alpha value is -2.06. The van der Waals surface area contributed by atoms with Crippen molar-refractivity contribution in [3.05, 3.63) is 35.2 Å². The number of hydrogen-bond acceptors (Lipinski definition) is 6. The Bertz CT molecular complexity index is 902. The zero-order chi connectivity index (χ0) is 18.3. The van der Waals surface area contributed by atoms with Crippen LogP contribution >= 0.6 is 0 Å². The second kappa shape index (κ2) is 6.59. The Kier molecular flexibility index (Phi) is 4.40. The maximum absolute atomic E-state index is 13.2. The summed E-state index contributed by atoms with van der Waals surface area (Å²) < 4.78 is 44.5. The van der Waals surface area contributed by atoms with Gasteiger partial charge in [0, 0.05) is 13.0 Å². The minimum Gasteiger partial charge on any atom is -0.490 e. The Labute approximate surface area is 152 Å². The molecular formula is C18H22N2O5S. The van der Waals surface area contributed by atoms with Crippen LogP contribution in [-0.4, -0.2) is 37.6 Å². The molecule has 0 N–H and O–H groups in total. The predicted octanol–water partition coefficient (Wildman–Crippen LogP) is 2.98. The van der Waals surface area contributed by atoms with Gasteiger partial charge in [0.15, 0.2) is 17.3 Å². The van der Waals surface area contributed by atoms with E-state index in [4.69, 9.17) is 14.0 Å². The van der Waals surface area contributed by atoms with Gasteiger partial charge in [0.2, 0.25) is 10.0 Å². The van der Waals surface area contributed by atoms with Gasteiger partial charge in [0.1, 0.15) is 10.6 Å². The van der Waals surface area contributed by atoms with Crippen molar-refractivity contribution in [3.8, 4) is 11.5 Å². The van der Waals surface area contributed by atoms with Crippen LogP contribution in [0.4, 0.5) is 0 Å². The lowest BCUT2D eigenvalue weighted by Crippen LogP contribution is -2.31. The number of sulfonamides is 1. The molecule has 1 aromatic heterocycles. The van der Waals surface area contributed by atoms with Gasteiger partial charge in [-0.3, -0.25) is 0 Å². The molecular weight excluding hydrogens is 356 g/mol. The fourth-order valence-corrected chi connectivity index (χ4v) is 5.69. The van der Waals surface area contributed by atoms with Gasteiger partial charge < -0.3 is 14.0 Å². The molecule has 2 aliphatic rings. The average molecular weight is 378 g/mol. The van der Waals surface area contributed by atoms with Gasteiger partial charge in [-0.15, -0.1) is 0 Å². The van der Waals surface area contributed by atoms with Crippen LogP contribution in [0, 0.1) is 13.8 Å². The summed E-state index contributed by atoms with van der Waals surface area (Å²) >= 11 is 0. The van der Waals surface area contributed by atoms with E-state index in [-0.39, 0.29) is 10.9 Å². The zero-order valence-corrected chi connectivity index (χ0v) is 15.7. The average Bonchev–Trinajstić information content (AvgIpc) is 3.16. The molecule has 0 spiro atoms. The summed E-state index contributed by atoms with van der Waals surface area (Å²) in [6, 6.07) is 5.48. The normalized spacial score (nSPS) is 20.9. The van der Waals surface area contributed by atoms with Crippen molar-refractivity contribution in [1.82, 2.24) is 9.46 Å². The van der Waals surface area contributed by atoms with Gasteiger partial charge in [0.25, 0.3) is 0 Å². The summed E-state index contributed by atoms with van der Waals surface area (Å²) in [6.45, 7) is 4.99. The lowest BCUT2D eigenvalue weighted by Gasteiger charge is -2.25. The highest BCUT2D eigenvalue weighted by Gasteiger charge is 2.39. The molecule has 0 bridgehead atoms. The van der Waals surface area contributed by atoms with E-state index in [1.165, 1.54) is 0 Å². The zero-order valence-electron chi connectivity index (χ0n) is 14.9. The SMILES string of the molecule is Cc1noc(C)c1S(=O)(=O)N1CCC[C@H]1c1ccc2c(c1)OCCCO2. The van der Waals surface area contributed by atoms with Crippen molar-refractivity contribution in [2.24, 2.45) is 0 Å². The molecule has 2 aromatic rings. The molecule has 0 radical (unpaired) electrons. The molecule has 4 rings (SSSR count). The fraction of sp³-hybridized carbons (Fsp3) is 0.500. The summed E-state index contributed by atoms with van der Waals surface area (Å²) in [5.41, 5.74) is 1.31. The Balaban J connectivity index is 1.70. The first-order valence-corrected chi connectivity index (χ1v) is 10.3. The van der Waals surface area contributed by atoms with Crippen LogP contribution in [-0.2, 0) is 10.0 Å². The summed E-state index contributed by atoms with van der Waals surface area (Å²) in [5, 5.41) is 3.80. The maximum Gasteiger partial charge on any atom is 0.249 e. The molecule has 1 aromatic carbocycles. The van der Waals surface area contributed by atoms with Crippen molar-refractivity contribution >= 4 is 10.0 Å². The highest BCUT2D eigenvalue weighted by Crippen LogP contribution is 2.41. The standard InChI is InChI=1S/C18H22N2O5S/c1-12-18(13(2)25-19-12)26(21,22)20-8-3-5-15(20)14-6-7-16-17(11-14)24-10-4-9-23-16/h6-7,11,15H,3-5,8-10H2,1-2H3/t15-/m0/s1. The molecule has 1 fully saturated rings. The fourth-order valence-electron chi connectivity index (χ4n) is 3.71. The third-order valence-electron chi connectivity index (χ3n) is 4.89. The van der Waals surface area contributed by atoms with Crippen molar-refractivity contribution in [1.29, 1.82) is 0 Å². The maximum atomic E-state index is 13.2. The van der Waals surface area contributed by atoms with Gasteiger partial charge in [-0.1, -0.05) is 11.2 Å². The molecule has 0 unspecified atom stereocenters. The van der Waals surface area contributed by atoms with Crippen LogP contribution in [0.1, 0.15) is 42.3 Å². The van der Waals surface area contributed by atoms with Crippen LogP contribution < -0.4 is 9.47 Å². The first-order valence-electron chi connectivity index (χ1n) is 8.83. The molecule has 1 atom stereocenters. The van der Waals surface area contributed by atoms with Gasteiger partial charge in [-0.05, 0) is 44.4 Å². The molecule has 1 saturated heterocycles. The first-order chi connectivity index (χ1) is 12.5. The first kappa shape index (κ1) is 17.4. The number of fused-ring (bicyclic) bond motifs is 1. The van der Waals surface area contributed by atoms with Crippen molar-refractivity contribution < 1.29 is 22.4 Å². The highest BCUT2D eigenvalue weighted by atomic mass is 32.2. The number of ether oxygens (including phenoxy) is 2. The third-order valence-corrected chi connectivity index (χ3v) is 7.05. The molecule has 0 saturated carbocycles. The number of rotatable bonds is 3. The minimum absolute atomic E-state index is 0.179. The molecule has 26 heavy (non-hydrogen) atoms. The third kappa shape index (κ3) is 2.87. The molecule has 0 aliphatic carbocycles. The quantitative estimate of drug-likeness (QED) is 0.817. The minimum atomic E-state index is -3.68. The number of benzene rings is 1. The predicted molar refractivity (Wildman–Crippen MR) is 93.9 cm³/mol. The van der Waals surface area contributed by atoms with Crippen LogP contribution in [0.15, 0.2) is 27.6 Å².